The zero-order chi connectivity index (χ0) is 15.5. The van der Waals surface area contributed by atoms with Crippen LogP contribution < -0.4 is 11.1 Å². The normalized spacial score (nSPS) is 20.0. The average molecular weight is 508 g/mol. The Hall–Kier alpha value is -0.640. The zero-order valence-corrected chi connectivity index (χ0v) is 17.4. The number of methoxy groups -OCH3 is 1. The lowest BCUT2D eigenvalue weighted by molar-refractivity contribution is 0.185. The Bertz CT molecular complexity index is 691. The van der Waals surface area contributed by atoms with Crippen molar-refractivity contribution in [2.45, 2.75) is 25.0 Å². The number of nitrogens with zero attached hydrogens (tertiary/aromatic N) is 1. The van der Waals surface area contributed by atoms with Crippen LogP contribution in [-0.2, 0) is 11.3 Å². The lowest BCUT2D eigenvalue weighted by atomic mass is 10.2. The van der Waals surface area contributed by atoms with Gasteiger partial charge in [-0.3, -0.25) is 0 Å². The molecule has 0 aliphatic heterocycles. The molecule has 7 heteroatoms. The lowest BCUT2D eigenvalue weighted by Crippen LogP contribution is -2.24. The number of thiophene rings is 1. The van der Waals surface area contributed by atoms with Crippen molar-refractivity contribution in [2.75, 3.05) is 12.4 Å². The highest BCUT2D eigenvalue weighted by Crippen LogP contribution is 2.46. The zero-order valence-electron chi connectivity index (χ0n) is 12.7. The number of halogens is 2. The summed E-state index contributed by atoms with van der Waals surface area (Å²) in [6, 6.07) is 12.5. The van der Waals surface area contributed by atoms with Gasteiger partial charge in [-0.05, 0) is 40.5 Å². The summed E-state index contributed by atoms with van der Waals surface area (Å²) >= 11 is 5.27. The number of hydrogen-bond donors (Lipinski definition) is 2. The second-order valence-electron chi connectivity index (χ2n) is 5.28. The maximum Gasteiger partial charge on any atom is 0.193 e. The number of aliphatic imine (C=N–C) groups is 1. The molecule has 3 rings (SSSR count). The molecule has 1 heterocycles. The van der Waals surface area contributed by atoms with Gasteiger partial charge in [-0.1, -0.05) is 18.2 Å². The maximum atomic E-state index is 6.05. The molecule has 1 aliphatic carbocycles. The van der Waals surface area contributed by atoms with Crippen LogP contribution in [0.15, 0.2) is 45.2 Å². The minimum absolute atomic E-state index is 0. The van der Waals surface area contributed by atoms with Crippen LogP contribution in [0.3, 0.4) is 0 Å². The third-order valence-corrected chi connectivity index (χ3v) is 5.36. The first-order valence-electron chi connectivity index (χ1n) is 7.09. The second-order valence-corrected chi connectivity index (χ2v) is 7.78. The number of ether oxygens (including phenoxy) is 1. The van der Waals surface area contributed by atoms with Gasteiger partial charge >= 0.3 is 0 Å². The van der Waals surface area contributed by atoms with Gasteiger partial charge in [0.1, 0.15) is 0 Å². The maximum absolute atomic E-state index is 6.05. The molecule has 0 radical (unpaired) electrons. The molecule has 0 bridgehead atoms. The van der Waals surface area contributed by atoms with E-state index in [1.165, 1.54) is 4.88 Å². The van der Waals surface area contributed by atoms with Crippen molar-refractivity contribution in [3.63, 3.8) is 0 Å². The SMILES string of the molecule is COCc1ccccc1NC(N)=N[C@@H]1C[C@H]1c1ccc(Br)s1.I. The van der Waals surface area contributed by atoms with Gasteiger partial charge in [0.2, 0.25) is 0 Å². The van der Waals surface area contributed by atoms with E-state index in [0.717, 1.165) is 21.5 Å². The quantitative estimate of drug-likeness (QED) is 0.354. The number of hydrogen-bond acceptors (Lipinski definition) is 3. The van der Waals surface area contributed by atoms with Crippen LogP contribution in [0.5, 0.6) is 0 Å². The molecular formula is C16H19BrIN3OS. The molecule has 0 unspecified atom stereocenters. The van der Waals surface area contributed by atoms with Crippen LogP contribution in [0.25, 0.3) is 0 Å². The highest BCUT2D eigenvalue weighted by molar-refractivity contribution is 14.0. The van der Waals surface area contributed by atoms with Gasteiger partial charge < -0.3 is 15.8 Å². The molecule has 3 N–H and O–H groups in total. The van der Waals surface area contributed by atoms with Crippen LogP contribution in [0.1, 0.15) is 22.8 Å². The standard InChI is InChI=1S/C16H18BrN3OS.HI/c1-21-9-10-4-2-3-5-12(10)19-16(18)20-13-8-11(13)14-6-7-15(17)22-14;/h2-7,11,13H,8-9H2,1H3,(H3,18,19,20);1H/t11-,13-;/m1./s1. The van der Waals surface area contributed by atoms with E-state index in [0.29, 0.717) is 18.5 Å². The Labute approximate surface area is 165 Å². The number of nitrogens with two attached hydrogens (primary N) is 1. The van der Waals surface area contributed by atoms with E-state index in [1.54, 1.807) is 18.4 Å². The number of para-hydroxylation sites is 1. The fourth-order valence-electron chi connectivity index (χ4n) is 2.43. The number of anilines is 1. The molecule has 0 spiro atoms. The molecule has 0 saturated heterocycles. The third-order valence-electron chi connectivity index (χ3n) is 3.60. The van der Waals surface area contributed by atoms with Crippen molar-refractivity contribution in [2.24, 2.45) is 10.7 Å². The fourth-order valence-corrected chi connectivity index (χ4v) is 4.03. The minimum Gasteiger partial charge on any atom is -0.380 e. The Kier molecular flexibility index (Phi) is 6.87. The minimum atomic E-state index is 0. The average Bonchev–Trinajstić information content (AvgIpc) is 3.11. The summed E-state index contributed by atoms with van der Waals surface area (Å²) in [5, 5.41) is 3.19. The molecule has 1 aromatic heterocycles. The van der Waals surface area contributed by atoms with E-state index in [4.69, 9.17) is 10.5 Å². The highest BCUT2D eigenvalue weighted by Gasteiger charge is 2.39. The van der Waals surface area contributed by atoms with E-state index in [2.05, 4.69) is 38.4 Å². The molecule has 1 fully saturated rings. The molecule has 1 aliphatic rings. The van der Waals surface area contributed by atoms with Gasteiger partial charge in [0.25, 0.3) is 0 Å². The van der Waals surface area contributed by atoms with Crippen molar-refractivity contribution in [3.8, 4) is 0 Å². The molecule has 0 amide bonds. The van der Waals surface area contributed by atoms with Gasteiger partial charge in [-0.25, -0.2) is 4.99 Å². The molecule has 2 aromatic rings. The van der Waals surface area contributed by atoms with Crippen LogP contribution in [0.4, 0.5) is 5.69 Å². The van der Waals surface area contributed by atoms with Crippen LogP contribution in [-0.4, -0.2) is 19.1 Å². The summed E-state index contributed by atoms with van der Waals surface area (Å²) in [7, 11) is 1.68. The van der Waals surface area contributed by atoms with E-state index in [1.807, 2.05) is 24.3 Å². The Morgan fingerprint density at radius 2 is 2.17 bits per heavy atom. The topological polar surface area (TPSA) is 59.6 Å². The number of guanidine groups is 1. The largest absolute Gasteiger partial charge is 0.380 e. The van der Waals surface area contributed by atoms with Crippen LogP contribution >= 0.6 is 51.2 Å². The smallest absolute Gasteiger partial charge is 0.193 e. The Balaban J connectivity index is 0.00000192. The first-order valence-corrected chi connectivity index (χ1v) is 8.70. The van der Waals surface area contributed by atoms with Crippen molar-refractivity contribution < 1.29 is 4.74 Å². The molecular weight excluding hydrogens is 489 g/mol. The fraction of sp³-hybridized carbons (Fsp3) is 0.312. The number of rotatable bonds is 5. The van der Waals surface area contributed by atoms with Crippen LogP contribution in [0, 0.1) is 0 Å². The molecule has 1 saturated carbocycles. The summed E-state index contributed by atoms with van der Waals surface area (Å²) in [5.41, 5.74) is 8.06. The summed E-state index contributed by atoms with van der Waals surface area (Å²) in [5.74, 6) is 0.970. The molecule has 4 nitrogen and oxygen atoms in total. The van der Waals surface area contributed by atoms with Crippen molar-refractivity contribution in [3.05, 3.63) is 50.6 Å². The highest BCUT2D eigenvalue weighted by atomic mass is 127. The van der Waals surface area contributed by atoms with E-state index in [9.17, 15) is 0 Å². The summed E-state index contributed by atoms with van der Waals surface area (Å²) in [4.78, 5) is 5.95. The van der Waals surface area contributed by atoms with Gasteiger partial charge in [0, 0.05) is 29.2 Å². The van der Waals surface area contributed by atoms with E-state index >= 15 is 0 Å². The third kappa shape index (κ3) is 4.91. The summed E-state index contributed by atoms with van der Waals surface area (Å²) in [6.07, 6.45) is 1.06. The summed E-state index contributed by atoms with van der Waals surface area (Å²) in [6.45, 7) is 0.547. The van der Waals surface area contributed by atoms with E-state index in [-0.39, 0.29) is 30.0 Å². The van der Waals surface area contributed by atoms with Gasteiger partial charge in [-0.2, -0.15) is 0 Å². The first-order chi connectivity index (χ1) is 10.7. The molecule has 2 atom stereocenters. The van der Waals surface area contributed by atoms with E-state index < -0.39 is 0 Å². The number of benzene rings is 1. The second kappa shape index (κ2) is 8.46. The monoisotopic (exact) mass is 507 g/mol. The lowest BCUT2D eigenvalue weighted by Gasteiger charge is -2.10. The predicted molar refractivity (Wildman–Crippen MR) is 111 cm³/mol. The summed E-state index contributed by atoms with van der Waals surface area (Å²) < 4.78 is 6.36. The van der Waals surface area contributed by atoms with Crippen molar-refractivity contribution >= 4 is 62.9 Å². The van der Waals surface area contributed by atoms with Gasteiger partial charge in [-0.15, -0.1) is 35.3 Å². The Morgan fingerprint density at radius 1 is 1.39 bits per heavy atom. The molecule has 23 heavy (non-hydrogen) atoms. The van der Waals surface area contributed by atoms with Gasteiger partial charge in [0.15, 0.2) is 5.96 Å². The first kappa shape index (κ1) is 18.7. The molecule has 1 aromatic carbocycles. The predicted octanol–water partition coefficient (Wildman–Crippen LogP) is 4.56. The van der Waals surface area contributed by atoms with Crippen LogP contribution in [0.2, 0.25) is 0 Å². The number of nitrogens with one attached hydrogen (secondary N) is 1. The van der Waals surface area contributed by atoms with Crippen molar-refractivity contribution in [1.82, 2.24) is 0 Å². The van der Waals surface area contributed by atoms with Gasteiger partial charge in [0.05, 0.1) is 16.4 Å². The van der Waals surface area contributed by atoms with Crippen molar-refractivity contribution in [1.29, 1.82) is 0 Å². The molecule has 124 valence electrons. The Morgan fingerprint density at radius 3 is 2.87 bits per heavy atom.